The van der Waals surface area contributed by atoms with Gasteiger partial charge < -0.3 is 19.9 Å². The molecule has 1 saturated carbocycles. The molecule has 0 saturated heterocycles. The first-order valence-electron chi connectivity index (χ1n) is 8.82. The normalized spacial score (nSPS) is 21.1. The number of benzene rings is 1. The predicted molar refractivity (Wildman–Crippen MR) is 96.5 cm³/mol. The van der Waals surface area contributed by atoms with Crippen molar-refractivity contribution in [3.05, 3.63) is 48.5 Å². The average molecular weight is 342 g/mol. The number of rotatable bonds is 5. The average Bonchev–Trinajstić information content (AvgIpc) is 3.27. The number of nitrogens with one attached hydrogen (secondary N) is 1. The Labute approximate surface area is 148 Å². The highest BCUT2D eigenvalue weighted by atomic mass is 16.3. The van der Waals surface area contributed by atoms with Crippen molar-refractivity contribution in [2.45, 2.75) is 38.3 Å². The number of amides is 2. The minimum Gasteiger partial charge on any atom is -0.393 e. The quantitative estimate of drug-likeness (QED) is 0.878. The third kappa shape index (κ3) is 4.20. The number of aliphatic hydroxyl groups is 1. The van der Waals surface area contributed by atoms with E-state index in [1.165, 1.54) is 0 Å². The van der Waals surface area contributed by atoms with Crippen molar-refractivity contribution in [3.8, 4) is 5.69 Å². The SMILES string of the molecule is CC(NC(=O)N(C)CC1CCCC1O)c1ccc(-n2ccnc2)cc1. The fourth-order valence-electron chi connectivity index (χ4n) is 3.39. The number of carbonyl (C=O) groups excluding carboxylic acids is 1. The van der Waals surface area contributed by atoms with Gasteiger partial charge in [-0.2, -0.15) is 0 Å². The summed E-state index contributed by atoms with van der Waals surface area (Å²) in [6.45, 7) is 2.57. The maximum atomic E-state index is 12.4. The fourth-order valence-corrected chi connectivity index (χ4v) is 3.39. The van der Waals surface area contributed by atoms with Crippen LogP contribution in [0.2, 0.25) is 0 Å². The number of aliphatic hydroxyl groups excluding tert-OH is 1. The molecule has 6 heteroatoms. The predicted octanol–water partition coefficient (Wildman–Crippen LogP) is 2.74. The zero-order valence-electron chi connectivity index (χ0n) is 14.8. The van der Waals surface area contributed by atoms with E-state index in [2.05, 4.69) is 10.3 Å². The highest BCUT2D eigenvalue weighted by molar-refractivity contribution is 5.74. The molecule has 2 N–H and O–H groups in total. The molecule has 3 unspecified atom stereocenters. The molecule has 0 bridgehead atoms. The summed E-state index contributed by atoms with van der Waals surface area (Å²) in [5, 5.41) is 12.9. The van der Waals surface area contributed by atoms with E-state index in [1.54, 1.807) is 24.5 Å². The molecule has 3 atom stereocenters. The highest BCUT2D eigenvalue weighted by Crippen LogP contribution is 2.26. The molecule has 1 aliphatic rings. The van der Waals surface area contributed by atoms with Gasteiger partial charge in [0, 0.05) is 37.6 Å². The molecule has 0 radical (unpaired) electrons. The molecule has 6 nitrogen and oxygen atoms in total. The molecular weight excluding hydrogens is 316 g/mol. The number of aromatic nitrogens is 2. The number of imidazole rings is 1. The molecule has 1 aromatic heterocycles. The van der Waals surface area contributed by atoms with Crippen molar-refractivity contribution in [2.75, 3.05) is 13.6 Å². The van der Waals surface area contributed by atoms with Crippen LogP contribution >= 0.6 is 0 Å². The first-order chi connectivity index (χ1) is 12.0. The maximum Gasteiger partial charge on any atom is 0.317 e. The van der Waals surface area contributed by atoms with Crippen LogP contribution in [0.5, 0.6) is 0 Å². The van der Waals surface area contributed by atoms with Crippen LogP contribution in [0, 0.1) is 5.92 Å². The molecule has 3 rings (SSSR count). The third-order valence-corrected chi connectivity index (χ3v) is 5.01. The second-order valence-electron chi connectivity index (χ2n) is 6.87. The summed E-state index contributed by atoms with van der Waals surface area (Å²) in [4.78, 5) is 18.1. The monoisotopic (exact) mass is 342 g/mol. The van der Waals surface area contributed by atoms with Crippen LogP contribution in [-0.4, -0.2) is 45.3 Å². The lowest BCUT2D eigenvalue weighted by Crippen LogP contribution is -2.42. The van der Waals surface area contributed by atoms with Gasteiger partial charge in [0.2, 0.25) is 0 Å². The lowest BCUT2D eigenvalue weighted by molar-refractivity contribution is 0.113. The van der Waals surface area contributed by atoms with Crippen LogP contribution in [0.3, 0.4) is 0 Å². The topological polar surface area (TPSA) is 70.4 Å². The number of hydrogen-bond donors (Lipinski definition) is 2. The lowest BCUT2D eigenvalue weighted by Gasteiger charge is -2.25. The van der Waals surface area contributed by atoms with Gasteiger partial charge in [-0.1, -0.05) is 18.6 Å². The van der Waals surface area contributed by atoms with Crippen LogP contribution in [0.4, 0.5) is 4.79 Å². The van der Waals surface area contributed by atoms with Gasteiger partial charge in [-0.15, -0.1) is 0 Å². The van der Waals surface area contributed by atoms with E-state index in [-0.39, 0.29) is 24.1 Å². The van der Waals surface area contributed by atoms with Gasteiger partial charge in [-0.25, -0.2) is 9.78 Å². The van der Waals surface area contributed by atoms with Gasteiger partial charge in [0.25, 0.3) is 0 Å². The van der Waals surface area contributed by atoms with Crippen molar-refractivity contribution < 1.29 is 9.90 Å². The van der Waals surface area contributed by atoms with Crippen molar-refractivity contribution in [1.82, 2.24) is 19.8 Å². The molecule has 2 aromatic rings. The molecule has 1 aromatic carbocycles. The number of carbonyl (C=O) groups is 1. The number of urea groups is 1. The summed E-state index contributed by atoms with van der Waals surface area (Å²) >= 11 is 0. The van der Waals surface area contributed by atoms with Crippen LogP contribution in [0.1, 0.15) is 37.8 Å². The Balaban J connectivity index is 1.55. The smallest absolute Gasteiger partial charge is 0.317 e. The van der Waals surface area contributed by atoms with Crippen molar-refractivity contribution in [3.63, 3.8) is 0 Å². The molecule has 1 fully saturated rings. The Morgan fingerprint density at radius 2 is 2.16 bits per heavy atom. The molecule has 134 valence electrons. The van der Waals surface area contributed by atoms with Gasteiger partial charge in [0.15, 0.2) is 0 Å². The maximum absolute atomic E-state index is 12.4. The van der Waals surface area contributed by atoms with Gasteiger partial charge in [0.1, 0.15) is 0 Å². The molecule has 2 amide bonds. The Morgan fingerprint density at radius 1 is 1.40 bits per heavy atom. The third-order valence-electron chi connectivity index (χ3n) is 5.01. The van der Waals surface area contributed by atoms with Crippen LogP contribution in [0.15, 0.2) is 43.0 Å². The van der Waals surface area contributed by atoms with Gasteiger partial charge in [0.05, 0.1) is 18.5 Å². The van der Waals surface area contributed by atoms with Gasteiger partial charge in [-0.3, -0.25) is 0 Å². The molecule has 1 aliphatic carbocycles. The second kappa shape index (κ2) is 7.70. The number of hydrogen-bond acceptors (Lipinski definition) is 3. The first kappa shape index (κ1) is 17.5. The summed E-state index contributed by atoms with van der Waals surface area (Å²) in [7, 11) is 1.79. The minimum absolute atomic E-state index is 0.0831. The van der Waals surface area contributed by atoms with E-state index in [0.717, 1.165) is 30.5 Å². The standard InChI is InChI=1S/C19H26N4O2/c1-14(15-6-8-17(9-7-15)23-11-10-20-13-23)21-19(25)22(2)12-16-4-3-5-18(16)24/h6-11,13-14,16,18,24H,3-5,12H2,1-2H3,(H,21,25). The van der Waals surface area contributed by atoms with Gasteiger partial charge in [-0.05, 0) is 37.5 Å². The molecule has 0 aliphatic heterocycles. The zero-order chi connectivity index (χ0) is 17.8. The Bertz CT molecular complexity index is 684. The molecule has 25 heavy (non-hydrogen) atoms. The Hall–Kier alpha value is -2.34. The first-order valence-corrected chi connectivity index (χ1v) is 8.82. The minimum atomic E-state index is -0.275. The van der Waals surface area contributed by atoms with Crippen molar-refractivity contribution >= 4 is 6.03 Å². The van der Waals surface area contributed by atoms with Gasteiger partial charge >= 0.3 is 6.03 Å². The molecule has 0 spiro atoms. The van der Waals surface area contributed by atoms with E-state index in [1.807, 2.05) is 42.0 Å². The molecule has 1 heterocycles. The number of nitrogens with zero attached hydrogens (tertiary/aromatic N) is 3. The Kier molecular flexibility index (Phi) is 5.38. The summed E-state index contributed by atoms with van der Waals surface area (Å²) in [6, 6.07) is 7.86. The highest BCUT2D eigenvalue weighted by Gasteiger charge is 2.27. The van der Waals surface area contributed by atoms with E-state index < -0.39 is 0 Å². The van der Waals surface area contributed by atoms with Crippen LogP contribution < -0.4 is 5.32 Å². The largest absolute Gasteiger partial charge is 0.393 e. The van der Waals surface area contributed by atoms with E-state index in [4.69, 9.17) is 0 Å². The summed E-state index contributed by atoms with van der Waals surface area (Å²) in [5.41, 5.74) is 2.08. The lowest BCUT2D eigenvalue weighted by atomic mass is 10.1. The molecular formula is C19H26N4O2. The van der Waals surface area contributed by atoms with E-state index in [0.29, 0.717) is 6.54 Å². The summed E-state index contributed by atoms with van der Waals surface area (Å²) in [6.07, 6.45) is 8.00. The van der Waals surface area contributed by atoms with Crippen molar-refractivity contribution in [1.29, 1.82) is 0 Å². The fraction of sp³-hybridized carbons (Fsp3) is 0.474. The van der Waals surface area contributed by atoms with E-state index >= 15 is 0 Å². The van der Waals surface area contributed by atoms with Crippen LogP contribution in [-0.2, 0) is 0 Å². The zero-order valence-corrected chi connectivity index (χ0v) is 14.8. The van der Waals surface area contributed by atoms with Crippen LogP contribution in [0.25, 0.3) is 5.69 Å². The second-order valence-corrected chi connectivity index (χ2v) is 6.87. The Morgan fingerprint density at radius 3 is 2.76 bits per heavy atom. The summed E-state index contributed by atoms with van der Waals surface area (Å²) < 4.78 is 1.94. The summed E-state index contributed by atoms with van der Waals surface area (Å²) in [5.74, 6) is 0.195. The van der Waals surface area contributed by atoms with Crippen molar-refractivity contribution in [2.24, 2.45) is 5.92 Å². The van der Waals surface area contributed by atoms with E-state index in [9.17, 15) is 9.90 Å².